The second-order valence-corrected chi connectivity index (χ2v) is 8.80. The normalized spacial score (nSPS) is 12.3. The van der Waals surface area contributed by atoms with Gasteiger partial charge in [-0.25, -0.2) is 0 Å². The summed E-state index contributed by atoms with van der Waals surface area (Å²) in [7, 11) is 1.73. The first-order valence-electron chi connectivity index (χ1n) is 11.1. The molecule has 0 saturated carbocycles. The van der Waals surface area contributed by atoms with Crippen LogP contribution in [0.5, 0.6) is 0 Å². The molecule has 0 aliphatic rings. The smallest absolute Gasteiger partial charge is 0.298 e. The molecular formula is C28H29F2NO3. The van der Waals surface area contributed by atoms with Crippen LogP contribution in [0.15, 0.2) is 66.7 Å². The van der Waals surface area contributed by atoms with Crippen molar-refractivity contribution >= 4 is 17.4 Å². The molecule has 4 nitrogen and oxygen atoms in total. The molecule has 0 aliphatic heterocycles. The summed E-state index contributed by atoms with van der Waals surface area (Å²) in [5.74, 6) is -3.55. The molecule has 3 aromatic rings. The van der Waals surface area contributed by atoms with Crippen LogP contribution in [0.3, 0.4) is 0 Å². The molecule has 1 N–H and O–H groups in total. The number of hydrogen-bond donors (Lipinski definition) is 1. The first-order valence-corrected chi connectivity index (χ1v) is 11.1. The van der Waals surface area contributed by atoms with Crippen LogP contribution >= 0.6 is 0 Å². The zero-order valence-electron chi connectivity index (χ0n) is 19.8. The predicted molar refractivity (Wildman–Crippen MR) is 130 cm³/mol. The molecule has 0 aromatic heterocycles. The van der Waals surface area contributed by atoms with Gasteiger partial charge in [0.05, 0.1) is 0 Å². The van der Waals surface area contributed by atoms with Crippen LogP contribution in [0, 0.1) is 13.8 Å². The van der Waals surface area contributed by atoms with Crippen molar-refractivity contribution in [3.05, 3.63) is 100 Å². The fourth-order valence-electron chi connectivity index (χ4n) is 3.82. The SMILES string of the molecule is Cc1cc(C)cc(N(C)C(=O)c2ccc(CC(=O)Cc3ccc(C(F)(F)[C@H](C)O)cc3)cc2)c1. The van der Waals surface area contributed by atoms with Crippen LogP contribution in [-0.4, -0.2) is 29.9 Å². The fourth-order valence-corrected chi connectivity index (χ4v) is 3.82. The maximum Gasteiger partial charge on any atom is 0.298 e. The van der Waals surface area contributed by atoms with Gasteiger partial charge in [-0.1, -0.05) is 42.5 Å². The molecule has 178 valence electrons. The Hall–Kier alpha value is -3.38. The molecule has 0 spiro atoms. The van der Waals surface area contributed by atoms with Crippen molar-refractivity contribution in [3.63, 3.8) is 0 Å². The Morgan fingerprint density at radius 3 is 1.82 bits per heavy atom. The summed E-state index contributed by atoms with van der Waals surface area (Å²) in [6.45, 7) is 5.01. The highest BCUT2D eigenvalue weighted by Gasteiger charge is 2.37. The molecule has 34 heavy (non-hydrogen) atoms. The third-order valence-corrected chi connectivity index (χ3v) is 5.77. The largest absolute Gasteiger partial charge is 0.387 e. The van der Waals surface area contributed by atoms with E-state index in [9.17, 15) is 23.5 Å². The lowest BCUT2D eigenvalue weighted by atomic mass is 9.98. The minimum Gasteiger partial charge on any atom is -0.387 e. The highest BCUT2D eigenvalue weighted by Crippen LogP contribution is 2.31. The van der Waals surface area contributed by atoms with E-state index in [1.54, 1.807) is 36.2 Å². The number of alkyl halides is 2. The first-order chi connectivity index (χ1) is 16.0. The van der Waals surface area contributed by atoms with Gasteiger partial charge >= 0.3 is 0 Å². The predicted octanol–water partition coefficient (Wildman–Crippen LogP) is 5.41. The zero-order valence-corrected chi connectivity index (χ0v) is 19.8. The van der Waals surface area contributed by atoms with Gasteiger partial charge in [0.1, 0.15) is 11.9 Å². The number of amides is 1. The number of benzene rings is 3. The maximum atomic E-state index is 13.9. The van der Waals surface area contributed by atoms with Gasteiger partial charge in [0.15, 0.2) is 0 Å². The molecular weight excluding hydrogens is 436 g/mol. The minimum absolute atomic E-state index is 0.0681. The summed E-state index contributed by atoms with van der Waals surface area (Å²) in [6, 6.07) is 18.3. The van der Waals surface area contributed by atoms with Gasteiger partial charge < -0.3 is 10.0 Å². The van der Waals surface area contributed by atoms with E-state index in [-0.39, 0.29) is 30.1 Å². The van der Waals surface area contributed by atoms with Gasteiger partial charge in [0.2, 0.25) is 0 Å². The van der Waals surface area contributed by atoms with Crippen molar-refractivity contribution in [2.24, 2.45) is 0 Å². The third kappa shape index (κ3) is 5.94. The van der Waals surface area contributed by atoms with Crippen LogP contribution in [0.2, 0.25) is 0 Å². The quantitative estimate of drug-likeness (QED) is 0.484. The Kier molecular flexibility index (Phi) is 7.62. The molecule has 1 amide bonds. The zero-order chi connectivity index (χ0) is 25.0. The van der Waals surface area contributed by atoms with Gasteiger partial charge in [-0.05, 0) is 67.3 Å². The number of nitrogens with zero attached hydrogens (tertiary/aromatic N) is 1. The standard InChI is InChI=1S/C28H29F2NO3/c1-18-13-19(2)15-25(14-18)31(4)27(34)23-9-5-21(6-10-23)16-26(33)17-22-7-11-24(12-8-22)28(29,30)20(3)32/h5-15,20,32H,16-17H2,1-4H3/t20-/m0/s1. The molecule has 3 rings (SSSR count). The van der Waals surface area contributed by atoms with Crippen LogP contribution in [0.1, 0.15) is 45.1 Å². The Morgan fingerprint density at radius 1 is 0.882 bits per heavy atom. The van der Waals surface area contributed by atoms with E-state index in [1.165, 1.54) is 24.3 Å². The molecule has 0 aliphatic carbocycles. The number of carbonyl (C=O) groups is 2. The Labute approximate surface area is 198 Å². The first kappa shape index (κ1) is 25.2. The number of ketones is 1. The van der Waals surface area contributed by atoms with Crippen molar-refractivity contribution < 1.29 is 23.5 Å². The van der Waals surface area contributed by atoms with Crippen molar-refractivity contribution in [3.8, 4) is 0 Å². The van der Waals surface area contributed by atoms with Gasteiger partial charge in [-0.2, -0.15) is 8.78 Å². The minimum atomic E-state index is -3.34. The lowest BCUT2D eigenvalue weighted by molar-refractivity contribution is -0.117. The number of halogens is 2. The van der Waals surface area contributed by atoms with Gasteiger partial charge in [0, 0.05) is 36.7 Å². The van der Waals surface area contributed by atoms with E-state index in [4.69, 9.17) is 0 Å². The van der Waals surface area contributed by atoms with Crippen molar-refractivity contribution in [2.75, 3.05) is 11.9 Å². The summed E-state index contributed by atoms with van der Waals surface area (Å²) < 4.78 is 27.8. The van der Waals surface area contributed by atoms with Crippen molar-refractivity contribution in [2.45, 2.75) is 45.6 Å². The molecule has 0 radical (unpaired) electrons. The molecule has 3 aromatic carbocycles. The van der Waals surface area contributed by atoms with E-state index in [2.05, 4.69) is 0 Å². The number of hydrogen-bond acceptors (Lipinski definition) is 3. The van der Waals surface area contributed by atoms with Crippen LogP contribution in [-0.2, 0) is 23.6 Å². The summed E-state index contributed by atoms with van der Waals surface area (Å²) in [4.78, 5) is 27.0. The molecule has 1 atom stereocenters. The Balaban J connectivity index is 1.62. The summed E-state index contributed by atoms with van der Waals surface area (Å²) >= 11 is 0. The molecule has 0 bridgehead atoms. The topological polar surface area (TPSA) is 57.6 Å². The highest BCUT2D eigenvalue weighted by atomic mass is 19.3. The average molecular weight is 466 g/mol. The monoisotopic (exact) mass is 465 g/mol. The number of anilines is 1. The van der Waals surface area contributed by atoms with Gasteiger partial charge in [-0.3, -0.25) is 9.59 Å². The van der Waals surface area contributed by atoms with E-state index < -0.39 is 12.0 Å². The summed E-state index contributed by atoms with van der Waals surface area (Å²) in [6.07, 6.45) is -1.51. The van der Waals surface area contributed by atoms with E-state index >= 15 is 0 Å². The highest BCUT2D eigenvalue weighted by molar-refractivity contribution is 6.05. The Bertz CT molecular complexity index is 1150. The van der Waals surface area contributed by atoms with E-state index in [1.807, 2.05) is 32.0 Å². The van der Waals surface area contributed by atoms with Crippen LogP contribution in [0.25, 0.3) is 0 Å². The fraction of sp³-hybridized carbons (Fsp3) is 0.286. The molecule has 0 unspecified atom stereocenters. The number of Topliss-reactive ketones (excluding diaryl/α,β-unsaturated/α-hetero) is 1. The average Bonchev–Trinajstić information content (AvgIpc) is 2.78. The van der Waals surface area contributed by atoms with Crippen LogP contribution in [0.4, 0.5) is 14.5 Å². The third-order valence-electron chi connectivity index (χ3n) is 5.77. The van der Waals surface area contributed by atoms with Gasteiger partial charge in [-0.15, -0.1) is 0 Å². The summed E-state index contributed by atoms with van der Waals surface area (Å²) in [5, 5.41) is 9.25. The molecule has 0 fully saturated rings. The van der Waals surface area contributed by atoms with E-state index in [0.717, 1.165) is 29.3 Å². The van der Waals surface area contributed by atoms with Crippen molar-refractivity contribution in [1.82, 2.24) is 0 Å². The number of rotatable bonds is 8. The lowest BCUT2D eigenvalue weighted by Gasteiger charge is -2.19. The number of carbonyl (C=O) groups excluding carboxylic acids is 2. The van der Waals surface area contributed by atoms with Crippen molar-refractivity contribution in [1.29, 1.82) is 0 Å². The second kappa shape index (κ2) is 10.3. The number of aliphatic hydroxyl groups is 1. The van der Waals surface area contributed by atoms with E-state index in [0.29, 0.717) is 11.1 Å². The maximum absolute atomic E-state index is 13.9. The Morgan fingerprint density at radius 2 is 1.35 bits per heavy atom. The molecule has 0 saturated heterocycles. The molecule has 6 heteroatoms. The summed E-state index contributed by atoms with van der Waals surface area (Å²) in [5.41, 5.74) is 4.60. The second-order valence-electron chi connectivity index (χ2n) is 8.80. The molecule has 0 heterocycles. The van der Waals surface area contributed by atoms with Gasteiger partial charge in [0.25, 0.3) is 11.8 Å². The van der Waals surface area contributed by atoms with Crippen LogP contribution < -0.4 is 4.90 Å². The number of aliphatic hydroxyl groups excluding tert-OH is 1. The number of aryl methyl sites for hydroxylation is 2. The lowest BCUT2D eigenvalue weighted by Crippen LogP contribution is -2.27.